The lowest BCUT2D eigenvalue weighted by Gasteiger charge is -2.07. The molecule has 0 bridgehead atoms. The highest BCUT2D eigenvalue weighted by Crippen LogP contribution is 2.17. The van der Waals surface area contributed by atoms with Crippen molar-refractivity contribution in [2.75, 3.05) is 0 Å². The number of nitrogens with zero attached hydrogens (tertiary/aromatic N) is 1. The SMILES string of the molecule is O=C(N/N=C/c1ccccc1O)c1ccc(OCc2cccc(Br)c2)cc1. The molecule has 0 spiro atoms. The summed E-state index contributed by atoms with van der Waals surface area (Å²) in [6.07, 6.45) is 1.39. The second-order valence-electron chi connectivity index (χ2n) is 5.70. The molecule has 0 saturated carbocycles. The predicted molar refractivity (Wildman–Crippen MR) is 108 cm³/mol. The Labute approximate surface area is 165 Å². The minimum absolute atomic E-state index is 0.0995. The van der Waals surface area contributed by atoms with Gasteiger partial charge in [-0.1, -0.05) is 40.2 Å². The number of halogens is 1. The molecule has 0 atom stereocenters. The highest BCUT2D eigenvalue weighted by molar-refractivity contribution is 9.10. The predicted octanol–water partition coefficient (Wildman–Crippen LogP) is 4.50. The molecule has 136 valence electrons. The number of rotatable bonds is 6. The number of hydrogen-bond acceptors (Lipinski definition) is 4. The summed E-state index contributed by atoms with van der Waals surface area (Å²) in [5.74, 6) is 0.423. The van der Waals surface area contributed by atoms with Crippen LogP contribution in [0.1, 0.15) is 21.5 Å². The Balaban J connectivity index is 1.55. The molecule has 27 heavy (non-hydrogen) atoms. The molecule has 0 saturated heterocycles. The molecule has 6 heteroatoms. The minimum Gasteiger partial charge on any atom is -0.507 e. The minimum atomic E-state index is -0.347. The zero-order chi connectivity index (χ0) is 19.1. The first kappa shape index (κ1) is 18.7. The molecule has 0 aliphatic carbocycles. The van der Waals surface area contributed by atoms with Crippen LogP contribution in [0.2, 0.25) is 0 Å². The van der Waals surface area contributed by atoms with Crippen LogP contribution in [0.5, 0.6) is 11.5 Å². The summed E-state index contributed by atoms with van der Waals surface area (Å²) in [4.78, 5) is 12.1. The Morgan fingerprint density at radius 3 is 2.59 bits per heavy atom. The second-order valence-corrected chi connectivity index (χ2v) is 6.62. The quantitative estimate of drug-likeness (QED) is 0.452. The number of hydrazone groups is 1. The topological polar surface area (TPSA) is 70.9 Å². The number of amides is 1. The zero-order valence-electron chi connectivity index (χ0n) is 14.3. The fraction of sp³-hybridized carbons (Fsp3) is 0.0476. The van der Waals surface area contributed by atoms with E-state index in [1.165, 1.54) is 6.21 Å². The molecule has 3 rings (SSSR count). The van der Waals surface area contributed by atoms with Crippen LogP contribution in [0.15, 0.2) is 82.4 Å². The number of para-hydroxylation sites is 1. The van der Waals surface area contributed by atoms with Gasteiger partial charge in [0.1, 0.15) is 18.1 Å². The van der Waals surface area contributed by atoms with E-state index >= 15 is 0 Å². The van der Waals surface area contributed by atoms with Crippen molar-refractivity contribution in [1.82, 2.24) is 5.43 Å². The molecule has 0 aliphatic rings. The van der Waals surface area contributed by atoms with Crippen LogP contribution in [0.25, 0.3) is 0 Å². The number of benzene rings is 3. The molecule has 3 aromatic rings. The van der Waals surface area contributed by atoms with E-state index in [1.54, 1.807) is 48.5 Å². The van der Waals surface area contributed by atoms with Crippen molar-refractivity contribution in [2.24, 2.45) is 5.10 Å². The van der Waals surface area contributed by atoms with E-state index in [1.807, 2.05) is 24.3 Å². The van der Waals surface area contributed by atoms with Crippen molar-refractivity contribution >= 4 is 28.1 Å². The van der Waals surface area contributed by atoms with Crippen LogP contribution >= 0.6 is 15.9 Å². The van der Waals surface area contributed by atoms with Crippen LogP contribution in [-0.4, -0.2) is 17.2 Å². The molecule has 1 amide bonds. The lowest BCUT2D eigenvalue weighted by molar-refractivity contribution is 0.0955. The average Bonchev–Trinajstić information content (AvgIpc) is 2.68. The van der Waals surface area contributed by atoms with Gasteiger partial charge in [-0.15, -0.1) is 0 Å². The first-order valence-corrected chi connectivity index (χ1v) is 9.00. The molecule has 0 aromatic heterocycles. The molecule has 0 radical (unpaired) electrons. The molecule has 0 heterocycles. The third kappa shape index (κ3) is 5.43. The van der Waals surface area contributed by atoms with Crippen molar-refractivity contribution < 1.29 is 14.6 Å². The third-order valence-corrected chi connectivity index (χ3v) is 4.21. The highest BCUT2D eigenvalue weighted by atomic mass is 79.9. The van der Waals surface area contributed by atoms with Gasteiger partial charge in [0.2, 0.25) is 0 Å². The molecular formula is C21H17BrN2O3. The van der Waals surface area contributed by atoms with Crippen LogP contribution in [0.3, 0.4) is 0 Å². The molecule has 3 aromatic carbocycles. The number of hydrogen-bond donors (Lipinski definition) is 2. The molecule has 0 fully saturated rings. The summed E-state index contributed by atoms with van der Waals surface area (Å²) in [7, 11) is 0. The third-order valence-electron chi connectivity index (χ3n) is 3.72. The van der Waals surface area contributed by atoms with Gasteiger partial charge in [0, 0.05) is 15.6 Å². The van der Waals surface area contributed by atoms with Crippen molar-refractivity contribution in [1.29, 1.82) is 0 Å². The van der Waals surface area contributed by atoms with E-state index in [4.69, 9.17) is 4.74 Å². The highest BCUT2D eigenvalue weighted by Gasteiger charge is 2.05. The van der Waals surface area contributed by atoms with E-state index in [-0.39, 0.29) is 11.7 Å². The van der Waals surface area contributed by atoms with Crippen LogP contribution < -0.4 is 10.2 Å². The fourth-order valence-electron chi connectivity index (χ4n) is 2.32. The van der Waals surface area contributed by atoms with Gasteiger partial charge in [0.05, 0.1) is 6.21 Å². The Morgan fingerprint density at radius 1 is 1.07 bits per heavy atom. The van der Waals surface area contributed by atoms with Gasteiger partial charge in [-0.3, -0.25) is 4.79 Å². The van der Waals surface area contributed by atoms with Gasteiger partial charge in [0.15, 0.2) is 0 Å². The summed E-state index contributed by atoms with van der Waals surface area (Å²) >= 11 is 3.43. The first-order valence-electron chi connectivity index (χ1n) is 8.20. The fourth-order valence-corrected chi connectivity index (χ4v) is 2.76. The van der Waals surface area contributed by atoms with Crippen molar-refractivity contribution in [3.63, 3.8) is 0 Å². The molecule has 0 aliphatic heterocycles. The van der Waals surface area contributed by atoms with Crippen LogP contribution in [0, 0.1) is 0 Å². The second kappa shape index (κ2) is 9.00. The summed E-state index contributed by atoms with van der Waals surface area (Å²) < 4.78 is 6.72. The van der Waals surface area contributed by atoms with Gasteiger partial charge in [-0.25, -0.2) is 5.43 Å². The van der Waals surface area contributed by atoms with Gasteiger partial charge in [-0.2, -0.15) is 5.10 Å². The number of carbonyl (C=O) groups is 1. The number of carbonyl (C=O) groups excluding carboxylic acids is 1. The lowest BCUT2D eigenvalue weighted by atomic mass is 10.2. The van der Waals surface area contributed by atoms with Crippen LogP contribution in [-0.2, 0) is 6.61 Å². The van der Waals surface area contributed by atoms with E-state index in [9.17, 15) is 9.90 Å². The number of aromatic hydroxyl groups is 1. The lowest BCUT2D eigenvalue weighted by Crippen LogP contribution is -2.17. The number of phenols is 1. The number of nitrogens with one attached hydrogen (secondary N) is 1. The van der Waals surface area contributed by atoms with Crippen molar-refractivity contribution in [3.8, 4) is 11.5 Å². The van der Waals surface area contributed by atoms with Crippen molar-refractivity contribution in [3.05, 3.63) is 94.0 Å². The summed E-state index contributed by atoms with van der Waals surface area (Å²) in [6.45, 7) is 0.440. The zero-order valence-corrected chi connectivity index (χ0v) is 15.9. The molecule has 0 unspecified atom stereocenters. The maximum absolute atomic E-state index is 12.1. The van der Waals surface area contributed by atoms with E-state index in [2.05, 4.69) is 26.5 Å². The Morgan fingerprint density at radius 2 is 1.85 bits per heavy atom. The maximum atomic E-state index is 12.1. The van der Waals surface area contributed by atoms with Gasteiger partial charge >= 0.3 is 0 Å². The molecular weight excluding hydrogens is 408 g/mol. The Kier molecular flexibility index (Phi) is 6.22. The number of ether oxygens (including phenoxy) is 1. The van der Waals surface area contributed by atoms with E-state index < -0.39 is 0 Å². The van der Waals surface area contributed by atoms with Gasteiger partial charge in [0.25, 0.3) is 5.91 Å². The molecule has 2 N–H and O–H groups in total. The van der Waals surface area contributed by atoms with Crippen LogP contribution in [0.4, 0.5) is 0 Å². The average molecular weight is 425 g/mol. The Bertz CT molecular complexity index is 956. The maximum Gasteiger partial charge on any atom is 0.271 e. The normalized spacial score (nSPS) is 10.7. The van der Waals surface area contributed by atoms with E-state index in [0.717, 1.165) is 10.0 Å². The van der Waals surface area contributed by atoms with Gasteiger partial charge < -0.3 is 9.84 Å². The molecule has 5 nitrogen and oxygen atoms in total. The largest absolute Gasteiger partial charge is 0.507 e. The number of phenolic OH excluding ortho intramolecular Hbond substituents is 1. The summed E-state index contributed by atoms with van der Waals surface area (Å²) in [5.41, 5.74) is 4.46. The Hall–Kier alpha value is -3.12. The standard InChI is InChI=1S/C21H17BrN2O3/c22-18-6-3-4-15(12-18)14-27-19-10-8-16(9-11-19)21(26)24-23-13-17-5-1-2-7-20(17)25/h1-13,25H,14H2,(H,24,26)/b23-13+. The smallest absolute Gasteiger partial charge is 0.271 e. The van der Waals surface area contributed by atoms with E-state index in [0.29, 0.717) is 23.5 Å². The first-order chi connectivity index (χ1) is 13.1. The summed E-state index contributed by atoms with van der Waals surface area (Å²) in [6, 6.07) is 21.4. The van der Waals surface area contributed by atoms with Crippen molar-refractivity contribution in [2.45, 2.75) is 6.61 Å². The summed E-state index contributed by atoms with van der Waals surface area (Å²) in [5, 5.41) is 13.5. The van der Waals surface area contributed by atoms with Gasteiger partial charge in [-0.05, 0) is 54.1 Å². The monoisotopic (exact) mass is 424 g/mol.